The molecule has 0 fully saturated rings. The van der Waals surface area contributed by atoms with E-state index in [0.717, 1.165) is 25.8 Å². The molecule has 0 rings (SSSR count). The predicted molar refractivity (Wildman–Crippen MR) is 74.2 cm³/mol. The van der Waals surface area contributed by atoms with Crippen LogP contribution in [0.4, 0.5) is 0 Å². The zero-order valence-corrected chi connectivity index (χ0v) is 12.3. The molecule has 0 spiro atoms. The van der Waals surface area contributed by atoms with Crippen LogP contribution in [0.1, 0.15) is 39.5 Å². The van der Waals surface area contributed by atoms with E-state index in [4.69, 9.17) is 5.11 Å². The van der Waals surface area contributed by atoms with E-state index < -0.39 is 24.2 Å². The number of rotatable bonds is 12. The van der Waals surface area contributed by atoms with Gasteiger partial charge in [0.2, 0.25) is 0 Å². The highest BCUT2D eigenvalue weighted by Crippen LogP contribution is 2.06. The number of aliphatic hydroxyl groups is 1. The summed E-state index contributed by atoms with van der Waals surface area (Å²) in [5.41, 5.74) is -0.740. The molecule has 0 saturated heterocycles. The monoisotopic (exact) mass is 290 g/mol. The topological polar surface area (TPSA) is 108 Å². The Morgan fingerprint density at radius 2 is 1.90 bits per heavy atom. The average Bonchev–Trinajstić information content (AvgIpc) is 2.45. The van der Waals surface area contributed by atoms with Crippen LogP contribution in [0.5, 0.6) is 0 Å². The summed E-state index contributed by atoms with van der Waals surface area (Å²) in [4.78, 5) is 21.6. The number of unbranched alkanes of at least 4 members (excludes halogenated alkanes) is 2. The SMILES string of the molecule is CCCCCNC(CC)(CO)NCC(=O)OCC(=O)O. The highest BCUT2D eigenvalue weighted by molar-refractivity contribution is 5.76. The molecule has 0 heterocycles. The number of esters is 1. The first kappa shape index (κ1) is 18.8. The Labute approximate surface area is 119 Å². The number of carboxylic acid groups (broad SMARTS) is 1. The molecule has 7 heteroatoms. The molecule has 1 atom stereocenters. The van der Waals surface area contributed by atoms with Crippen LogP contribution in [0.15, 0.2) is 0 Å². The molecule has 0 radical (unpaired) electrons. The van der Waals surface area contributed by atoms with Crippen molar-refractivity contribution in [3.05, 3.63) is 0 Å². The Hall–Kier alpha value is -1.18. The molecule has 0 bridgehead atoms. The van der Waals surface area contributed by atoms with Crippen molar-refractivity contribution in [3.8, 4) is 0 Å². The lowest BCUT2D eigenvalue weighted by Crippen LogP contribution is -2.60. The van der Waals surface area contributed by atoms with Crippen molar-refractivity contribution in [2.24, 2.45) is 0 Å². The zero-order chi connectivity index (χ0) is 15.4. The zero-order valence-electron chi connectivity index (χ0n) is 12.3. The summed E-state index contributed by atoms with van der Waals surface area (Å²) in [7, 11) is 0. The predicted octanol–water partition coefficient (Wildman–Crippen LogP) is 0.0822. The number of carbonyl (C=O) groups is 2. The van der Waals surface area contributed by atoms with Crippen LogP contribution in [0.25, 0.3) is 0 Å². The van der Waals surface area contributed by atoms with E-state index in [0.29, 0.717) is 6.42 Å². The van der Waals surface area contributed by atoms with Gasteiger partial charge in [0.1, 0.15) is 0 Å². The number of aliphatic hydroxyl groups excluding tert-OH is 1. The van der Waals surface area contributed by atoms with Crippen molar-refractivity contribution in [2.45, 2.75) is 45.2 Å². The van der Waals surface area contributed by atoms with Crippen molar-refractivity contribution >= 4 is 11.9 Å². The quantitative estimate of drug-likeness (QED) is 0.229. The van der Waals surface area contributed by atoms with E-state index in [1.54, 1.807) is 0 Å². The van der Waals surface area contributed by atoms with Crippen molar-refractivity contribution < 1.29 is 24.5 Å². The molecule has 4 N–H and O–H groups in total. The second-order valence-electron chi connectivity index (χ2n) is 4.64. The maximum absolute atomic E-state index is 11.3. The fourth-order valence-electron chi connectivity index (χ4n) is 1.67. The summed E-state index contributed by atoms with van der Waals surface area (Å²) in [5.74, 6) is -1.85. The van der Waals surface area contributed by atoms with Gasteiger partial charge in [-0.2, -0.15) is 0 Å². The Morgan fingerprint density at radius 3 is 2.40 bits per heavy atom. The summed E-state index contributed by atoms with van der Waals surface area (Å²) < 4.78 is 4.52. The third kappa shape index (κ3) is 8.08. The first-order chi connectivity index (χ1) is 9.49. The maximum Gasteiger partial charge on any atom is 0.341 e. The van der Waals surface area contributed by atoms with E-state index in [-0.39, 0.29) is 13.2 Å². The van der Waals surface area contributed by atoms with Gasteiger partial charge < -0.3 is 14.9 Å². The highest BCUT2D eigenvalue weighted by atomic mass is 16.5. The first-order valence-corrected chi connectivity index (χ1v) is 6.98. The molecule has 0 amide bonds. The minimum Gasteiger partial charge on any atom is -0.479 e. The molecule has 0 aliphatic heterocycles. The van der Waals surface area contributed by atoms with Crippen LogP contribution in [0.2, 0.25) is 0 Å². The fourth-order valence-corrected chi connectivity index (χ4v) is 1.67. The number of hydrogen-bond donors (Lipinski definition) is 4. The van der Waals surface area contributed by atoms with Gasteiger partial charge in [0.15, 0.2) is 6.61 Å². The van der Waals surface area contributed by atoms with Gasteiger partial charge in [-0.25, -0.2) is 4.79 Å². The second-order valence-corrected chi connectivity index (χ2v) is 4.64. The summed E-state index contributed by atoms with van der Waals surface area (Å²) in [6, 6.07) is 0. The number of hydrogen-bond acceptors (Lipinski definition) is 6. The number of aliphatic carboxylic acids is 1. The lowest BCUT2D eigenvalue weighted by molar-refractivity contribution is -0.154. The van der Waals surface area contributed by atoms with Gasteiger partial charge in [-0.3, -0.25) is 15.4 Å². The van der Waals surface area contributed by atoms with Crippen LogP contribution in [-0.4, -0.2) is 54.1 Å². The van der Waals surface area contributed by atoms with Crippen molar-refractivity contribution in [1.82, 2.24) is 10.6 Å². The van der Waals surface area contributed by atoms with Crippen LogP contribution in [0, 0.1) is 0 Å². The van der Waals surface area contributed by atoms with E-state index in [1.807, 2.05) is 6.92 Å². The van der Waals surface area contributed by atoms with Gasteiger partial charge in [-0.1, -0.05) is 26.7 Å². The van der Waals surface area contributed by atoms with Gasteiger partial charge in [0, 0.05) is 0 Å². The number of carboxylic acids is 1. The van der Waals surface area contributed by atoms with Gasteiger partial charge in [0.25, 0.3) is 0 Å². The molecule has 0 aromatic rings. The molecular formula is C13H26N2O5. The summed E-state index contributed by atoms with van der Waals surface area (Å²) in [6.07, 6.45) is 3.78. The standard InChI is InChI=1S/C13H26N2O5/c1-3-5-6-7-14-13(4-2,10-16)15-8-12(19)20-9-11(17)18/h14-16H,3-10H2,1-2H3,(H,17,18). The normalized spacial score (nSPS) is 13.8. The van der Waals surface area contributed by atoms with Crippen LogP contribution in [0.3, 0.4) is 0 Å². The summed E-state index contributed by atoms with van der Waals surface area (Å²) in [6.45, 7) is 3.76. The first-order valence-electron chi connectivity index (χ1n) is 6.98. The minimum absolute atomic E-state index is 0.150. The number of ether oxygens (including phenoxy) is 1. The minimum atomic E-state index is -1.19. The van der Waals surface area contributed by atoms with E-state index in [9.17, 15) is 14.7 Å². The van der Waals surface area contributed by atoms with Crippen LogP contribution >= 0.6 is 0 Å². The third-order valence-corrected chi connectivity index (χ3v) is 3.04. The summed E-state index contributed by atoms with van der Waals surface area (Å²) >= 11 is 0. The third-order valence-electron chi connectivity index (χ3n) is 3.04. The highest BCUT2D eigenvalue weighted by Gasteiger charge is 2.26. The molecule has 1 unspecified atom stereocenters. The molecule has 118 valence electrons. The molecule has 0 saturated carbocycles. The lowest BCUT2D eigenvalue weighted by Gasteiger charge is -2.33. The van der Waals surface area contributed by atoms with Gasteiger partial charge in [-0.15, -0.1) is 0 Å². The lowest BCUT2D eigenvalue weighted by atomic mass is 10.1. The van der Waals surface area contributed by atoms with Crippen molar-refractivity contribution in [3.63, 3.8) is 0 Å². The van der Waals surface area contributed by atoms with Crippen LogP contribution < -0.4 is 10.6 Å². The van der Waals surface area contributed by atoms with Crippen LogP contribution in [-0.2, 0) is 14.3 Å². The number of nitrogens with one attached hydrogen (secondary N) is 2. The van der Waals surface area contributed by atoms with Crippen molar-refractivity contribution in [1.29, 1.82) is 0 Å². The van der Waals surface area contributed by atoms with E-state index >= 15 is 0 Å². The molecular weight excluding hydrogens is 264 g/mol. The Kier molecular flexibility index (Phi) is 9.96. The Morgan fingerprint density at radius 1 is 1.20 bits per heavy atom. The van der Waals surface area contributed by atoms with Gasteiger partial charge in [0.05, 0.1) is 18.8 Å². The molecule has 0 aromatic heterocycles. The van der Waals surface area contributed by atoms with E-state index in [2.05, 4.69) is 22.3 Å². The van der Waals surface area contributed by atoms with Gasteiger partial charge >= 0.3 is 11.9 Å². The molecule has 7 nitrogen and oxygen atoms in total. The Bertz CT molecular complexity index is 292. The maximum atomic E-state index is 11.3. The van der Waals surface area contributed by atoms with Crippen molar-refractivity contribution in [2.75, 3.05) is 26.3 Å². The largest absolute Gasteiger partial charge is 0.479 e. The summed E-state index contributed by atoms with van der Waals surface area (Å²) in [5, 5.41) is 24.0. The molecule has 0 aromatic carbocycles. The number of carbonyl (C=O) groups excluding carboxylic acids is 1. The Balaban J connectivity index is 4.16. The average molecular weight is 290 g/mol. The van der Waals surface area contributed by atoms with E-state index in [1.165, 1.54) is 0 Å². The van der Waals surface area contributed by atoms with Gasteiger partial charge in [-0.05, 0) is 19.4 Å². The molecule has 0 aliphatic rings. The molecule has 20 heavy (non-hydrogen) atoms. The fraction of sp³-hybridized carbons (Fsp3) is 0.846. The second kappa shape index (κ2) is 10.6. The molecule has 0 aliphatic carbocycles. The smallest absolute Gasteiger partial charge is 0.341 e.